The summed E-state index contributed by atoms with van der Waals surface area (Å²) in [7, 11) is 0. The third-order valence-corrected chi connectivity index (χ3v) is 2.94. The minimum absolute atomic E-state index is 0.00621. The standard InChI is InChI=1S/C10H16ClNO3/c1-2-15-9(14)12-10(4-3-5-10)6-8(13)7-11/h2-7H2,1H3,(H,12,14). The van der Waals surface area contributed by atoms with Crippen LogP contribution in [0.5, 0.6) is 0 Å². The second-order valence-corrected chi connectivity index (χ2v) is 4.10. The Kier molecular flexibility index (Phi) is 4.39. The Morgan fingerprint density at radius 2 is 2.13 bits per heavy atom. The van der Waals surface area contributed by atoms with E-state index in [4.69, 9.17) is 16.3 Å². The first-order chi connectivity index (χ1) is 7.12. The van der Waals surface area contributed by atoms with Crippen LogP contribution in [0.1, 0.15) is 32.6 Å². The summed E-state index contributed by atoms with van der Waals surface area (Å²) >= 11 is 5.44. The van der Waals surface area contributed by atoms with Crippen molar-refractivity contribution in [3.05, 3.63) is 0 Å². The third-order valence-electron chi connectivity index (χ3n) is 2.64. The molecule has 15 heavy (non-hydrogen) atoms. The number of hydrogen-bond acceptors (Lipinski definition) is 3. The van der Waals surface area contributed by atoms with Gasteiger partial charge in [-0.15, -0.1) is 11.6 Å². The molecule has 0 heterocycles. The van der Waals surface area contributed by atoms with Crippen LogP contribution in [0.25, 0.3) is 0 Å². The predicted molar refractivity (Wildman–Crippen MR) is 57.1 cm³/mol. The van der Waals surface area contributed by atoms with Crippen LogP contribution in [0.2, 0.25) is 0 Å². The van der Waals surface area contributed by atoms with Crippen molar-refractivity contribution in [2.24, 2.45) is 0 Å². The number of alkyl carbamates (subject to hydrolysis) is 1. The van der Waals surface area contributed by atoms with Crippen molar-refractivity contribution in [1.82, 2.24) is 5.32 Å². The highest BCUT2D eigenvalue weighted by Gasteiger charge is 2.40. The minimum atomic E-state index is -0.445. The molecule has 0 spiro atoms. The number of rotatable bonds is 5. The zero-order chi connectivity index (χ0) is 11.3. The van der Waals surface area contributed by atoms with Crippen LogP contribution in [0, 0.1) is 0 Å². The molecule has 0 aromatic carbocycles. The van der Waals surface area contributed by atoms with Crippen LogP contribution in [-0.4, -0.2) is 29.9 Å². The first-order valence-corrected chi connectivity index (χ1v) is 5.68. The Labute approximate surface area is 94.3 Å². The van der Waals surface area contributed by atoms with Gasteiger partial charge in [-0.05, 0) is 26.2 Å². The highest BCUT2D eigenvalue weighted by molar-refractivity contribution is 6.27. The van der Waals surface area contributed by atoms with Crippen LogP contribution in [-0.2, 0) is 9.53 Å². The molecule has 0 bridgehead atoms. The minimum Gasteiger partial charge on any atom is -0.450 e. The molecule has 1 aliphatic rings. The lowest BCUT2D eigenvalue weighted by Crippen LogP contribution is -2.54. The normalized spacial score (nSPS) is 17.7. The monoisotopic (exact) mass is 233 g/mol. The summed E-state index contributed by atoms with van der Waals surface area (Å²) < 4.78 is 4.79. The summed E-state index contributed by atoms with van der Waals surface area (Å²) in [4.78, 5) is 22.5. The number of halogens is 1. The number of carbonyl (C=O) groups is 2. The number of hydrogen-bond donors (Lipinski definition) is 1. The van der Waals surface area contributed by atoms with E-state index in [0.29, 0.717) is 13.0 Å². The maximum atomic E-state index is 11.2. The van der Waals surface area contributed by atoms with Crippen molar-refractivity contribution >= 4 is 23.5 Å². The molecule has 0 aliphatic heterocycles. The van der Waals surface area contributed by atoms with Crippen LogP contribution < -0.4 is 5.32 Å². The summed E-state index contributed by atoms with van der Waals surface area (Å²) in [5, 5.41) is 2.76. The molecule has 0 radical (unpaired) electrons. The van der Waals surface area contributed by atoms with Crippen molar-refractivity contribution in [2.75, 3.05) is 12.5 Å². The smallest absolute Gasteiger partial charge is 0.407 e. The van der Waals surface area contributed by atoms with Gasteiger partial charge in [0, 0.05) is 6.42 Å². The van der Waals surface area contributed by atoms with Gasteiger partial charge in [-0.1, -0.05) is 0 Å². The van der Waals surface area contributed by atoms with Crippen LogP contribution in [0.4, 0.5) is 4.79 Å². The summed E-state index contributed by atoms with van der Waals surface area (Å²) in [6, 6.07) is 0. The number of alkyl halides is 1. The van der Waals surface area contributed by atoms with E-state index in [2.05, 4.69) is 5.32 Å². The van der Waals surface area contributed by atoms with Crippen molar-refractivity contribution in [2.45, 2.75) is 38.1 Å². The quantitative estimate of drug-likeness (QED) is 0.738. The molecule has 0 saturated heterocycles. The number of ether oxygens (including phenoxy) is 1. The Balaban J connectivity index is 2.46. The van der Waals surface area contributed by atoms with Gasteiger partial charge in [-0.25, -0.2) is 4.79 Å². The first kappa shape index (κ1) is 12.3. The highest BCUT2D eigenvalue weighted by atomic mass is 35.5. The maximum absolute atomic E-state index is 11.2. The van der Waals surface area contributed by atoms with Gasteiger partial charge in [-0.2, -0.15) is 0 Å². The number of Topliss-reactive ketones (excluding diaryl/α,β-unsaturated/α-hetero) is 1. The van der Waals surface area contributed by atoms with E-state index in [1.54, 1.807) is 6.92 Å². The van der Waals surface area contributed by atoms with E-state index in [-0.39, 0.29) is 11.7 Å². The van der Waals surface area contributed by atoms with Crippen molar-refractivity contribution in [3.63, 3.8) is 0 Å². The molecule has 86 valence electrons. The van der Waals surface area contributed by atoms with Gasteiger partial charge in [0.05, 0.1) is 18.0 Å². The fourth-order valence-electron chi connectivity index (χ4n) is 1.76. The Morgan fingerprint density at radius 3 is 2.53 bits per heavy atom. The van der Waals surface area contributed by atoms with Crippen LogP contribution in [0.3, 0.4) is 0 Å². The van der Waals surface area contributed by atoms with Gasteiger partial charge in [-0.3, -0.25) is 4.79 Å². The van der Waals surface area contributed by atoms with E-state index in [1.807, 2.05) is 0 Å². The molecular formula is C10H16ClNO3. The zero-order valence-electron chi connectivity index (χ0n) is 8.85. The van der Waals surface area contributed by atoms with E-state index in [0.717, 1.165) is 19.3 Å². The maximum Gasteiger partial charge on any atom is 0.407 e. The summed E-state index contributed by atoms with van der Waals surface area (Å²) in [6.45, 7) is 2.09. The first-order valence-electron chi connectivity index (χ1n) is 5.14. The van der Waals surface area contributed by atoms with Gasteiger partial charge < -0.3 is 10.1 Å². The average Bonchev–Trinajstić information content (AvgIpc) is 2.14. The SMILES string of the molecule is CCOC(=O)NC1(CC(=O)CCl)CCC1. The van der Waals surface area contributed by atoms with Gasteiger partial charge >= 0.3 is 6.09 Å². The molecule has 1 amide bonds. The lowest BCUT2D eigenvalue weighted by molar-refractivity contribution is -0.118. The van der Waals surface area contributed by atoms with E-state index >= 15 is 0 Å². The Hall–Kier alpha value is -0.770. The number of carbonyl (C=O) groups excluding carboxylic acids is 2. The molecule has 5 heteroatoms. The lowest BCUT2D eigenvalue weighted by Gasteiger charge is -2.41. The number of amides is 1. The highest BCUT2D eigenvalue weighted by Crippen LogP contribution is 2.35. The second-order valence-electron chi connectivity index (χ2n) is 3.83. The molecule has 0 atom stereocenters. The molecule has 1 fully saturated rings. The van der Waals surface area contributed by atoms with Gasteiger partial charge in [0.15, 0.2) is 0 Å². The second kappa shape index (κ2) is 5.35. The molecule has 0 aromatic heterocycles. The molecule has 1 rings (SSSR count). The van der Waals surface area contributed by atoms with Gasteiger partial charge in [0.1, 0.15) is 5.78 Å². The van der Waals surface area contributed by atoms with Crippen LogP contribution in [0.15, 0.2) is 0 Å². The lowest BCUT2D eigenvalue weighted by atomic mass is 9.73. The fourth-order valence-corrected chi connectivity index (χ4v) is 1.85. The molecule has 4 nitrogen and oxygen atoms in total. The third kappa shape index (κ3) is 3.38. The molecule has 1 N–H and O–H groups in total. The zero-order valence-corrected chi connectivity index (χ0v) is 9.60. The molecule has 1 saturated carbocycles. The van der Waals surface area contributed by atoms with Gasteiger partial charge in [0.2, 0.25) is 0 Å². The summed E-state index contributed by atoms with van der Waals surface area (Å²) in [5.74, 6) is -0.0279. The molecular weight excluding hydrogens is 218 g/mol. The molecule has 1 aliphatic carbocycles. The van der Waals surface area contributed by atoms with E-state index in [9.17, 15) is 9.59 Å². The van der Waals surface area contributed by atoms with E-state index < -0.39 is 11.6 Å². The number of ketones is 1. The molecule has 0 unspecified atom stereocenters. The Bertz CT molecular complexity index is 251. The fraction of sp³-hybridized carbons (Fsp3) is 0.800. The Morgan fingerprint density at radius 1 is 1.47 bits per heavy atom. The summed E-state index contributed by atoms with van der Waals surface area (Å²) in [5.41, 5.74) is -0.391. The van der Waals surface area contributed by atoms with Gasteiger partial charge in [0.25, 0.3) is 0 Å². The average molecular weight is 234 g/mol. The van der Waals surface area contributed by atoms with Crippen LogP contribution >= 0.6 is 11.6 Å². The number of nitrogens with one attached hydrogen (secondary N) is 1. The summed E-state index contributed by atoms with van der Waals surface area (Å²) in [6.07, 6.45) is 2.56. The topological polar surface area (TPSA) is 55.4 Å². The van der Waals surface area contributed by atoms with Crippen molar-refractivity contribution in [3.8, 4) is 0 Å². The predicted octanol–water partition coefficient (Wildman–Crippen LogP) is 1.85. The largest absolute Gasteiger partial charge is 0.450 e. The van der Waals surface area contributed by atoms with Crippen molar-refractivity contribution in [1.29, 1.82) is 0 Å². The van der Waals surface area contributed by atoms with E-state index in [1.165, 1.54) is 0 Å². The van der Waals surface area contributed by atoms with Crippen molar-refractivity contribution < 1.29 is 14.3 Å². The molecule has 0 aromatic rings.